The van der Waals surface area contributed by atoms with Crippen molar-refractivity contribution in [2.75, 3.05) is 19.8 Å². The van der Waals surface area contributed by atoms with Crippen LogP contribution < -0.4 is 9.47 Å². The first-order valence-corrected chi connectivity index (χ1v) is 8.08. The molecule has 2 aliphatic heterocycles. The van der Waals surface area contributed by atoms with Crippen LogP contribution in [-0.4, -0.2) is 42.3 Å². The van der Waals surface area contributed by atoms with Gasteiger partial charge in [-0.05, 0) is 31.0 Å². The third-order valence-electron chi connectivity index (χ3n) is 4.76. The zero-order valence-electron chi connectivity index (χ0n) is 13.1. The Kier molecular flexibility index (Phi) is 3.59. The highest BCUT2D eigenvalue weighted by Gasteiger charge is 2.47. The number of ketones is 1. The Balaban J connectivity index is 1.52. The molecule has 1 aromatic rings. The van der Waals surface area contributed by atoms with Crippen molar-refractivity contribution in [2.24, 2.45) is 11.8 Å². The Morgan fingerprint density at radius 2 is 1.62 bits per heavy atom. The molecule has 1 aliphatic carbocycles. The average Bonchev–Trinajstić information content (AvgIpc) is 2.86. The van der Waals surface area contributed by atoms with E-state index in [-0.39, 0.29) is 36.0 Å². The van der Waals surface area contributed by atoms with E-state index >= 15 is 0 Å². The molecule has 0 spiro atoms. The third kappa shape index (κ3) is 2.38. The van der Waals surface area contributed by atoms with E-state index in [1.807, 2.05) is 12.2 Å². The number of imide groups is 1. The molecule has 6 nitrogen and oxygen atoms in total. The monoisotopic (exact) mass is 327 g/mol. The molecule has 1 aromatic carbocycles. The van der Waals surface area contributed by atoms with Crippen LogP contribution in [0.15, 0.2) is 30.4 Å². The molecule has 0 aromatic heterocycles. The number of Topliss-reactive ketones (excluding diaryl/α,β-unsaturated/α-hetero) is 1. The molecule has 1 fully saturated rings. The van der Waals surface area contributed by atoms with Crippen molar-refractivity contribution in [2.45, 2.75) is 12.8 Å². The van der Waals surface area contributed by atoms with Gasteiger partial charge >= 0.3 is 0 Å². The van der Waals surface area contributed by atoms with Gasteiger partial charge in [0.1, 0.15) is 13.2 Å². The molecule has 0 bridgehead atoms. The van der Waals surface area contributed by atoms with E-state index in [1.165, 1.54) is 0 Å². The molecule has 2 heterocycles. The van der Waals surface area contributed by atoms with Crippen LogP contribution in [0.2, 0.25) is 0 Å². The Hall–Kier alpha value is -2.63. The van der Waals surface area contributed by atoms with E-state index in [9.17, 15) is 14.4 Å². The van der Waals surface area contributed by atoms with Gasteiger partial charge in [-0.15, -0.1) is 0 Å². The number of rotatable bonds is 3. The molecular weight excluding hydrogens is 310 g/mol. The van der Waals surface area contributed by atoms with Crippen LogP contribution in [0.25, 0.3) is 0 Å². The highest BCUT2D eigenvalue weighted by molar-refractivity contribution is 6.10. The van der Waals surface area contributed by atoms with Gasteiger partial charge in [-0.1, -0.05) is 12.2 Å². The summed E-state index contributed by atoms with van der Waals surface area (Å²) in [6.45, 7) is 0.697. The van der Waals surface area contributed by atoms with E-state index < -0.39 is 0 Å². The highest BCUT2D eigenvalue weighted by atomic mass is 16.6. The van der Waals surface area contributed by atoms with Gasteiger partial charge in [-0.2, -0.15) is 0 Å². The lowest BCUT2D eigenvalue weighted by molar-refractivity contribution is -0.139. The van der Waals surface area contributed by atoms with Crippen molar-refractivity contribution in [3.05, 3.63) is 35.9 Å². The summed E-state index contributed by atoms with van der Waals surface area (Å²) in [6, 6.07) is 4.92. The maximum Gasteiger partial charge on any atom is 0.233 e. The van der Waals surface area contributed by atoms with Gasteiger partial charge in [0.2, 0.25) is 11.8 Å². The first-order valence-electron chi connectivity index (χ1n) is 8.08. The van der Waals surface area contributed by atoms with Gasteiger partial charge in [-0.25, -0.2) is 0 Å². The molecular formula is C18H17NO5. The summed E-state index contributed by atoms with van der Waals surface area (Å²) in [4.78, 5) is 38.5. The van der Waals surface area contributed by atoms with Crippen molar-refractivity contribution in [1.29, 1.82) is 0 Å². The largest absolute Gasteiger partial charge is 0.486 e. The van der Waals surface area contributed by atoms with Crippen molar-refractivity contribution < 1.29 is 23.9 Å². The van der Waals surface area contributed by atoms with E-state index in [0.29, 0.717) is 43.1 Å². The summed E-state index contributed by atoms with van der Waals surface area (Å²) in [5.41, 5.74) is 0.410. The van der Waals surface area contributed by atoms with Crippen molar-refractivity contribution in [3.8, 4) is 11.5 Å². The topological polar surface area (TPSA) is 72.9 Å². The fourth-order valence-electron chi connectivity index (χ4n) is 3.48. The van der Waals surface area contributed by atoms with Crippen LogP contribution in [0, 0.1) is 11.8 Å². The van der Waals surface area contributed by atoms with Gasteiger partial charge in [0.15, 0.2) is 17.3 Å². The number of amides is 2. The quantitative estimate of drug-likeness (QED) is 0.479. The lowest BCUT2D eigenvalue weighted by Gasteiger charge is -2.19. The van der Waals surface area contributed by atoms with Crippen LogP contribution in [0.5, 0.6) is 11.5 Å². The molecule has 2 amide bonds. The van der Waals surface area contributed by atoms with Crippen molar-refractivity contribution in [3.63, 3.8) is 0 Å². The molecule has 124 valence electrons. The zero-order valence-corrected chi connectivity index (χ0v) is 13.1. The van der Waals surface area contributed by atoms with Gasteiger partial charge in [0.05, 0.1) is 18.4 Å². The van der Waals surface area contributed by atoms with Crippen molar-refractivity contribution >= 4 is 17.6 Å². The predicted molar refractivity (Wildman–Crippen MR) is 83.8 cm³/mol. The zero-order chi connectivity index (χ0) is 16.7. The molecule has 0 unspecified atom stereocenters. The summed E-state index contributed by atoms with van der Waals surface area (Å²) in [5, 5.41) is 0. The molecule has 0 saturated carbocycles. The van der Waals surface area contributed by atoms with Crippen LogP contribution in [0.1, 0.15) is 23.2 Å². The Labute approximate surface area is 139 Å². The Bertz CT molecular complexity index is 728. The van der Waals surface area contributed by atoms with E-state index in [0.717, 1.165) is 4.90 Å². The second-order valence-electron chi connectivity index (χ2n) is 6.20. The number of hydrogen-bond acceptors (Lipinski definition) is 5. The van der Waals surface area contributed by atoms with Gasteiger partial charge in [-0.3, -0.25) is 19.3 Å². The molecule has 2 atom stereocenters. The SMILES string of the molecule is O=C(CN1C(=O)[C@H]2CC=CC[C@H]2C1=O)c1ccc2c(c1)OCCO2. The Morgan fingerprint density at radius 1 is 1.00 bits per heavy atom. The summed E-state index contributed by atoms with van der Waals surface area (Å²) in [7, 11) is 0. The molecule has 24 heavy (non-hydrogen) atoms. The first-order chi connectivity index (χ1) is 11.6. The maximum absolute atomic E-state index is 12.5. The minimum absolute atomic E-state index is 0.218. The number of carbonyl (C=O) groups is 3. The van der Waals surface area contributed by atoms with Crippen LogP contribution >= 0.6 is 0 Å². The average molecular weight is 327 g/mol. The maximum atomic E-state index is 12.5. The number of hydrogen-bond donors (Lipinski definition) is 0. The molecule has 4 rings (SSSR count). The van der Waals surface area contributed by atoms with Gasteiger partial charge < -0.3 is 9.47 Å². The number of benzene rings is 1. The molecule has 0 N–H and O–H groups in total. The number of ether oxygens (including phenoxy) is 2. The number of carbonyl (C=O) groups excluding carboxylic acids is 3. The summed E-state index contributed by atoms with van der Waals surface area (Å²) < 4.78 is 10.9. The fourth-order valence-corrected chi connectivity index (χ4v) is 3.48. The standard InChI is InChI=1S/C18H17NO5/c20-14(11-5-6-15-16(9-11)24-8-7-23-15)10-19-17(21)12-3-1-2-4-13(12)18(19)22/h1-2,5-6,9,12-13H,3-4,7-8,10H2/t12-,13+. The van der Waals surface area contributed by atoms with Crippen LogP contribution in [0.4, 0.5) is 0 Å². The van der Waals surface area contributed by atoms with Crippen LogP contribution in [0.3, 0.4) is 0 Å². The van der Waals surface area contributed by atoms with Crippen LogP contribution in [-0.2, 0) is 9.59 Å². The lowest BCUT2D eigenvalue weighted by atomic mass is 9.85. The fraction of sp³-hybridized carbons (Fsp3) is 0.389. The second kappa shape index (κ2) is 5.78. The smallest absolute Gasteiger partial charge is 0.233 e. The van der Waals surface area contributed by atoms with Crippen molar-refractivity contribution in [1.82, 2.24) is 4.90 Å². The molecule has 3 aliphatic rings. The predicted octanol–water partition coefficient (Wildman–Crippen LogP) is 1.59. The van der Waals surface area contributed by atoms with Gasteiger partial charge in [0.25, 0.3) is 0 Å². The molecule has 0 radical (unpaired) electrons. The molecule has 6 heteroatoms. The lowest BCUT2D eigenvalue weighted by Crippen LogP contribution is -2.36. The van der Waals surface area contributed by atoms with E-state index in [4.69, 9.17) is 9.47 Å². The highest BCUT2D eigenvalue weighted by Crippen LogP contribution is 2.35. The summed E-state index contributed by atoms with van der Waals surface area (Å²) >= 11 is 0. The summed E-state index contributed by atoms with van der Waals surface area (Å²) in [6.07, 6.45) is 5.00. The number of nitrogens with zero attached hydrogens (tertiary/aromatic N) is 1. The summed E-state index contributed by atoms with van der Waals surface area (Å²) in [5.74, 6) is -0.251. The third-order valence-corrected chi connectivity index (χ3v) is 4.76. The van der Waals surface area contributed by atoms with E-state index in [1.54, 1.807) is 18.2 Å². The normalized spacial score (nSPS) is 24.9. The first kappa shape index (κ1) is 14.9. The van der Waals surface area contributed by atoms with Gasteiger partial charge in [0, 0.05) is 5.56 Å². The number of fused-ring (bicyclic) bond motifs is 2. The Morgan fingerprint density at radius 3 is 2.29 bits per heavy atom. The minimum atomic E-state index is -0.310. The molecule has 1 saturated heterocycles. The number of likely N-dealkylation sites (tertiary alicyclic amines) is 1. The minimum Gasteiger partial charge on any atom is -0.486 e. The second-order valence-corrected chi connectivity index (χ2v) is 6.20. The number of allylic oxidation sites excluding steroid dienone is 2. The van der Waals surface area contributed by atoms with E-state index in [2.05, 4.69) is 0 Å².